The standard InChI is InChI=1S/C29H27ClN2O3/c30-21-3-1-2-17(11-21)20-10-19-13-29(34)23-12-18-6-7-22(33)26-24(18)28(29,27(35-26)25(19)31-14-20)8-9-32(23)15-16-4-5-16/h1-3,6-7,10-11,14,16,23,27,33-34H,4-5,8-9,12-13,15H2/t23-,27-,28-,29+/m0/s1. The summed E-state index contributed by atoms with van der Waals surface area (Å²) in [4.78, 5) is 7.49. The molecule has 1 saturated carbocycles. The predicted octanol–water partition coefficient (Wildman–Crippen LogP) is 4.81. The monoisotopic (exact) mass is 486 g/mol. The van der Waals surface area contributed by atoms with Crippen LogP contribution in [0, 0.1) is 5.92 Å². The van der Waals surface area contributed by atoms with Crippen LogP contribution in [0.1, 0.15) is 47.8 Å². The summed E-state index contributed by atoms with van der Waals surface area (Å²) in [6, 6.07) is 13.8. The van der Waals surface area contributed by atoms with Gasteiger partial charge in [0.2, 0.25) is 0 Å². The molecular weight excluding hydrogens is 460 g/mol. The molecule has 178 valence electrons. The Bertz CT molecular complexity index is 1400. The Hall–Kier alpha value is -2.60. The Kier molecular flexibility index (Phi) is 3.99. The number of phenols is 1. The van der Waals surface area contributed by atoms with Gasteiger partial charge in [-0.3, -0.25) is 9.88 Å². The van der Waals surface area contributed by atoms with Gasteiger partial charge >= 0.3 is 0 Å². The van der Waals surface area contributed by atoms with Gasteiger partial charge in [-0.05, 0) is 79.1 Å². The highest BCUT2D eigenvalue weighted by atomic mass is 35.5. The number of hydrogen-bond donors (Lipinski definition) is 2. The minimum absolute atomic E-state index is 0.0221. The van der Waals surface area contributed by atoms with Crippen LogP contribution in [0.2, 0.25) is 5.02 Å². The first-order chi connectivity index (χ1) is 17.0. The maximum atomic E-state index is 12.8. The van der Waals surface area contributed by atoms with E-state index in [1.807, 2.05) is 36.5 Å². The average molecular weight is 487 g/mol. The molecule has 0 amide bonds. The second-order valence-corrected chi connectivity index (χ2v) is 11.6. The molecule has 0 unspecified atom stereocenters. The van der Waals surface area contributed by atoms with Crippen LogP contribution < -0.4 is 4.74 Å². The molecule has 2 aromatic carbocycles. The molecule has 3 heterocycles. The fourth-order valence-electron chi connectivity index (χ4n) is 7.67. The van der Waals surface area contributed by atoms with E-state index in [-0.39, 0.29) is 11.8 Å². The number of benzene rings is 2. The van der Waals surface area contributed by atoms with E-state index in [4.69, 9.17) is 21.3 Å². The summed E-state index contributed by atoms with van der Waals surface area (Å²) in [7, 11) is 0. The molecule has 2 bridgehead atoms. The maximum absolute atomic E-state index is 12.8. The number of likely N-dealkylation sites (tertiary alicyclic amines) is 1. The molecule has 2 N–H and O–H groups in total. The van der Waals surface area contributed by atoms with E-state index in [9.17, 15) is 10.2 Å². The Labute approximate surface area is 209 Å². The van der Waals surface area contributed by atoms with E-state index >= 15 is 0 Å². The highest BCUT2D eigenvalue weighted by Crippen LogP contribution is 2.68. The molecule has 5 nitrogen and oxygen atoms in total. The van der Waals surface area contributed by atoms with Crippen molar-refractivity contribution in [1.29, 1.82) is 0 Å². The minimum Gasteiger partial charge on any atom is -0.504 e. The fraction of sp³-hybridized carbons (Fsp3) is 0.414. The number of piperidine rings is 1. The van der Waals surface area contributed by atoms with Gasteiger partial charge in [0.1, 0.15) is 0 Å². The average Bonchev–Trinajstić information content (AvgIpc) is 3.58. The number of halogens is 1. The smallest absolute Gasteiger partial charge is 0.166 e. The molecule has 35 heavy (non-hydrogen) atoms. The van der Waals surface area contributed by atoms with Gasteiger partial charge in [0.15, 0.2) is 17.6 Å². The number of hydrogen-bond acceptors (Lipinski definition) is 5. The van der Waals surface area contributed by atoms with Crippen molar-refractivity contribution in [1.82, 2.24) is 9.88 Å². The Balaban J connectivity index is 1.33. The summed E-state index contributed by atoms with van der Waals surface area (Å²) < 4.78 is 6.58. The Morgan fingerprint density at radius 2 is 2.00 bits per heavy atom. The first kappa shape index (κ1) is 20.6. The van der Waals surface area contributed by atoms with Crippen LogP contribution in [0.5, 0.6) is 11.5 Å². The third kappa shape index (κ3) is 2.59. The molecule has 2 fully saturated rings. The fourth-order valence-corrected chi connectivity index (χ4v) is 7.86. The van der Waals surface area contributed by atoms with Crippen LogP contribution in [-0.4, -0.2) is 44.8 Å². The number of nitrogens with zero attached hydrogens (tertiary/aromatic N) is 2. The quantitative estimate of drug-likeness (QED) is 0.556. The zero-order valence-electron chi connectivity index (χ0n) is 19.4. The van der Waals surface area contributed by atoms with Crippen molar-refractivity contribution in [2.24, 2.45) is 5.92 Å². The van der Waals surface area contributed by atoms with Crippen molar-refractivity contribution in [2.75, 3.05) is 13.1 Å². The second-order valence-electron chi connectivity index (χ2n) is 11.2. The van der Waals surface area contributed by atoms with Gasteiger partial charge in [-0.2, -0.15) is 0 Å². The van der Waals surface area contributed by atoms with E-state index in [1.54, 1.807) is 6.07 Å². The second kappa shape index (κ2) is 6.78. The largest absolute Gasteiger partial charge is 0.504 e. The predicted molar refractivity (Wildman–Crippen MR) is 133 cm³/mol. The van der Waals surface area contributed by atoms with Crippen molar-refractivity contribution in [2.45, 2.75) is 55.3 Å². The highest BCUT2D eigenvalue weighted by Gasteiger charge is 2.72. The first-order valence-electron chi connectivity index (χ1n) is 12.7. The van der Waals surface area contributed by atoms with Crippen LogP contribution in [0.25, 0.3) is 11.1 Å². The zero-order chi connectivity index (χ0) is 23.5. The molecule has 4 atom stereocenters. The molecule has 3 aliphatic carbocycles. The number of pyridine rings is 1. The van der Waals surface area contributed by atoms with Crippen LogP contribution in [0.4, 0.5) is 0 Å². The molecule has 2 aliphatic heterocycles. The lowest BCUT2D eigenvalue weighted by Crippen LogP contribution is -2.74. The maximum Gasteiger partial charge on any atom is 0.166 e. The Morgan fingerprint density at radius 1 is 1.11 bits per heavy atom. The summed E-state index contributed by atoms with van der Waals surface area (Å²) in [5.41, 5.74) is 4.57. The molecule has 1 spiro atoms. The molecule has 6 heteroatoms. The van der Waals surface area contributed by atoms with E-state index in [1.165, 1.54) is 18.4 Å². The number of aromatic nitrogens is 1. The lowest BCUT2D eigenvalue weighted by atomic mass is 9.49. The van der Waals surface area contributed by atoms with Crippen LogP contribution in [0.15, 0.2) is 48.7 Å². The van der Waals surface area contributed by atoms with Gasteiger partial charge in [-0.25, -0.2) is 0 Å². The molecule has 5 aliphatic rings. The van der Waals surface area contributed by atoms with Crippen LogP contribution >= 0.6 is 11.6 Å². The summed E-state index contributed by atoms with van der Waals surface area (Å²) in [6.45, 7) is 2.00. The van der Waals surface area contributed by atoms with Crippen molar-refractivity contribution >= 4 is 11.6 Å². The van der Waals surface area contributed by atoms with Gasteiger partial charge in [-0.1, -0.05) is 29.8 Å². The first-order valence-corrected chi connectivity index (χ1v) is 13.1. The normalized spacial score (nSPS) is 32.1. The van der Waals surface area contributed by atoms with Gasteiger partial charge < -0.3 is 14.9 Å². The third-order valence-corrected chi connectivity index (χ3v) is 9.62. The lowest BCUT2D eigenvalue weighted by molar-refractivity contribution is -0.173. The van der Waals surface area contributed by atoms with Crippen molar-refractivity contribution in [3.63, 3.8) is 0 Å². The van der Waals surface area contributed by atoms with Crippen LogP contribution in [-0.2, 0) is 18.3 Å². The van der Waals surface area contributed by atoms with E-state index in [0.29, 0.717) is 17.2 Å². The summed E-state index contributed by atoms with van der Waals surface area (Å²) in [5, 5.41) is 24.3. The number of aliphatic hydroxyl groups is 1. The van der Waals surface area contributed by atoms with Crippen molar-refractivity contribution in [3.8, 4) is 22.6 Å². The molecule has 8 rings (SSSR count). The number of ether oxygens (including phenoxy) is 1. The van der Waals surface area contributed by atoms with Gasteiger partial charge in [0.05, 0.1) is 16.7 Å². The zero-order valence-corrected chi connectivity index (χ0v) is 20.1. The number of aromatic hydroxyl groups is 1. The number of phenolic OH excluding ortho intramolecular Hbond substituents is 1. The highest BCUT2D eigenvalue weighted by molar-refractivity contribution is 6.30. The van der Waals surface area contributed by atoms with Gasteiger partial charge in [0, 0.05) is 41.4 Å². The molecule has 3 aromatic rings. The summed E-state index contributed by atoms with van der Waals surface area (Å²) in [5.74, 6) is 1.46. The van der Waals surface area contributed by atoms with E-state index in [0.717, 1.165) is 59.8 Å². The van der Waals surface area contributed by atoms with E-state index < -0.39 is 17.1 Å². The number of fused-ring (bicyclic) bond motifs is 2. The van der Waals surface area contributed by atoms with Gasteiger partial charge in [-0.15, -0.1) is 0 Å². The van der Waals surface area contributed by atoms with Crippen molar-refractivity contribution in [3.05, 3.63) is 76.1 Å². The summed E-state index contributed by atoms with van der Waals surface area (Å²) >= 11 is 6.27. The van der Waals surface area contributed by atoms with Crippen molar-refractivity contribution < 1.29 is 14.9 Å². The number of rotatable bonds is 3. The van der Waals surface area contributed by atoms with Gasteiger partial charge in [0.25, 0.3) is 0 Å². The summed E-state index contributed by atoms with van der Waals surface area (Å²) in [6.07, 6.45) is 6.19. The molecule has 1 aromatic heterocycles. The topological polar surface area (TPSA) is 65.8 Å². The SMILES string of the molecule is Oc1ccc2c3c1O[C@H]1c4ncc(-c5cccc(Cl)c5)cc4C[C@@]4(O)[C@H](C2)N(CC2CC2)CC[C@]314. The molecular formula is C29H27ClN2O3. The van der Waals surface area contributed by atoms with E-state index in [2.05, 4.69) is 11.0 Å². The minimum atomic E-state index is -0.988. The Morgan fingerprint density at radius 3 is 2.83 bits per heavy atom. The third-order valence-electron chi connectivity index (χ3n) is 9.38. The molecule has 1 saturated heterocycles. The lowest BCUT2D eigenvalue weighted by Gasteiger charge is -2.63. The van der Waals surface area contributed by atoms with Crippen LogP contribution in [0.3, 0.4) is 0 Å². The molecule has 0 radical (unpaired) electrons.